The SMILES string of the molecule is CC1(C)[C@@H]2CC[C@@]1(C)[C@]13ON1S(=O)(=O)CC[C@@H]23. The number of sulfonamides is 1. The van der Waals surface area contributed by atoms with Gasteiger partial charge in [-0.2, -0.15) is 0 Å². The van der Waals surface area contributed by atoms with E-state index in [2.05, 4.69) is 20.8 Å². The van der Waals surface area contributed by atoms with Crippen molar-refractivity contribution in [2.75, 3.05) is 5.75 Å². The van der Waals surface area contributed by atoms with Crippen molar-refractivity contribution in [1.29, 1.82) is 0 Å². The molecule has 2 saturated heterocycles. The van der Waals surface area contributed by atoms with E-state index >= 15 is 0 Å². The molecule has 4 aliphatic rings. The van der Waals surface area contributed by atoms with Crippen LogP contribution in [0.1, 0.15) is 40.0 Å². The van der Waals surface area contributed by atoms with Crippen molar-refractivity contribution in [3.8, 4) is 0 Å². The van der Waals surface area contributed by atoms with Crippen LogP contribution in [0, 0.1) is 22.7 Å². The van der Waals surface area contributed by atoms with Gasteiger partial charge in [0.1, 0.15) is 0 Å². The van der Waals surface area contributed by atoms with Crippen molar-refractivity contribution in [3.05, 3.63) is 0 Å². The van der Waals surface area contributed by atoms with Crippen LogP contribution in [0.4, 0.5) is 0 Å². The van der Waals surface area contributed by atoms with Gasteiger partial charge in [0, 0.05) is 11.3 Å². The number of nitrogens with zero attached hydrogens (tertiary/aromatic N) is 1. The van der Waals surface area contributed by atoms with Crippen molar-refractivity contribution >= 4 is 10.0 Å². The minimum Gasteiger partial charge on any atom is -0.255 e. The minimum atomic E-state index is -3.15. The maximum atomic E-state index is 12.0. The molecule has 2 aliphatic carbocycles. The average Bonchev–Trinajstić information content (AvgIpc) is 2.90. The van der Waals surface area contributed by atoms with Crippen LogP contribution in [0.15, 0.2) is 0 Å². The Morgan fingerprint density at radius 1 is 1.18 bits per heavy atom. The van der Waals surface area contributed by atoms with Crippen LogP contribution in [0.2, 0.25) is 0 Å². The molecule has 96 valence electrons. The maximum Gasteiger partial charge on any atom is 0.238 e. The number of hydrogen-bond donors (Lipinski definition) is 0. The fourth-order valence-corrected chi connectivity index (χ4v) is 6.89. The molecule has 0 aromatic carbocycles. The van der Waals surface area contributed by atoms with Crippen molar-refractivity contribution in [2.45, 2.75) is 45.8 Å². The van der Waals surface area contributed by atoms with E-state index in [0.29, 0.717) is 11.8 Å². The number of fused-ring (bicyclic) bond motifs is 3. The molecule has 0 N–H and O–H groups in total. The summed E-state index contributed by atoms with van der Waals surface area (Å²) in [6.45, 7) is 6.82. The van der Waals surface area contributed by atoms with Crippen LogP contribution in [-0.2, 0) is 14.9 Å². The van der Waals surface area contributed by atoms with Gasteiger partial charge in [0.2, 0.25) is 10.0 Å². The topological polar surface area (TPSA) is 49.7 Å². The van der Waals surface area contributed by atoms with Crippen LogP contribution < -0.4 is 0 Å². The monoisotopic (exact) mass is 257 g/mol. The molecule has 5 heteroatoms. The average molecular weight is 257 g/mol. The van der Waals surface area contributed by atoms with E-state index in [-0.39, 0.29) is 16.6 Å². The predicted molar refractivity (Wildman–Crippen MR) is 62.2 cm³/mol. The van der Waals surface area contributed by atoms with Crippen molar-refractivity contribution in [1.82, 2.24) is 4.47 Å². The lowest BCUT2D eigenvalue weighted by Crippen LogP contribution is -2.48. The predicted octanol–water partition coefficient (Wildman–Crippen LogP) is 1.74. The van der Waals surface area contributed by atoms with Crippen LogP contribution >= 0.6 is 0 Å². The molecule has 4 nitrogen and oxygen atoms in total. The lowest BCUT2D eigenvalue weighted by Gasteiger charge is -2.38. The summed E-state index contributed by atoms with van der Waals surface area (Å²) in [6.07, 6.45) is 3.10. The van der Waals surface area contributed by atoms with Gasteiger partial charge < -0.3 is 0 Å². The third kappa shape index (κ3) is 0.824. The number of rotatable bonds is 0. The molecule has 0 aromatic rings. The molecule has 0 aromatic heterocycles. The number of hydrogen-bond acceptors (Lipinski definition) is 3. The Bertz CT molecular complexity index is 514. The fourth-order valence-electron chi connectivity index (χ4n) is 5.19. The summed E-state index contributed by atoms with van der Waals surface area (Å²) in [4.78, 5) is 5.72. The molecule has 17 heavy (non-hydrogen) atoms. The molecular weight excluding hydrogens is 238 g/mol. The molecule has 0 amide bonds. The molecule has 1 spiro atoms. The Morgan fingerprint density at radius 2 is 1.88 bits per heavy atom. The Morgan fingerprint density at radius 3 is 2.59 bits per heavy atom. The molecular formula is C12H19NO3S. The fraction of sp³-hybridized carbons (Fsp3) is 1.00. The van der Waals surface area contributed by atoms with Crippen molar-refractivity contribution < 1.29 is 13.3 Å². The Kier molecular flexibility index (Phi) is 1.55. The molecule has 0 radical (unpaired) electrons. The van der Waals surface area contributed by atoms with Gasteiger partial charge in [-0.05, 0) is 35.1 Å². The van der Waals surface area contributed by atoms with Gasteiger partial charge in [0.05, 0.1) is 5.75 Å². The summed E-state index contributed by atoms with van der Waals surface area (Å²) >= 11 is 0. The van der Waals surface area contributed by atoms with Crippen LogP contribution in [0.25, 0.3) is 0 Å². The van der Waals surface area contributed by atoms with Crippen molar-refractivity contribution in [3.63, 3.8) is 0 Å². The molecule has 2 aliphatic heterocycles. The maximum absolute atomic E-state index is 12.0. The standard InChI is InChI=1S/C12H19NO3S/c1-10(2)8-4-6-11(10,3)12-9(8)5-7-17(14,15)13(12)16-12/h8-9H,4-7H2,1-3H3/t8-,9+,11-,12+,13?/m1/s1. The van der Waals surface area contributed by atoms with Crippen molar-refractivity contribution in [2.24, 2.45) is 22.7 Å². The molecule has 4 fully saturated rings. The van der Waals surface area contributed by atoms with Gasteiger partial charge in [-0.3, -0.25) is 4.84 Å². The summed E-state index contributed by atoms with van der Waals surface area (Å²) in [6, 6.07) is 0. The normalized spacial score (nSPS) is 60.8. The summed E-state index contributed by atoms with van der Waals surface area (Å²) in [5, 5.41) is 0. The van der Waals surface area contributed by atoms with Crippen LogP contribution in [0.5, 0.6) is 0 Å². The zero-order valence-electron chi connectivity index (χ0n) is 10.6. The molecule has 1 unspecified atom stereocenters. The van der Waals surface area contributed by atoms with E-state index in [1.54, 1.807) is 0 Å². The van der Waals surface area contributed by atoms with Gasteiger partial charge in [0.25, 0.3) is 0 Å². The Labute approximate surface area is 102 Å². The zero-order chi connectivity index (χ0) is 12.3. The molecule has 2 heterocycles. The summed E-state index contributed by atoms with van der Waals surface area (Å²) in [5.74, 6) is 1.30. The quantitative estimate of drug-likeness (QED) is 0.621. The third-order valence-corrected chi connectivity index (χ3v) is 8.09. The summed E-state index contributed by atoms with van der Waals surface area (Å²) < 4.78 is 25.3. The van der Waals surface area contributed by atoms with Crippen LogP contribution in [-0.4, -0.2) is 24.4 Å². The highest BCUT2D eigenvalue weighted by atomic mass is 32.2. The van der Waals surface area contributed by atoms with E-state index in [0.717, 1.165) is 12.8 Å². The van der Waals surface area contributed by atoms with E-state index in [1.165, 1.54) is 10.9 Å². The smallest absolute Gasteiger partial charge is 0.238 e. The second-order valence-electron chi connectivity index (χ2n) is 6.93. The van der Waals surface area contributed by atoms with E-state index in [4.69, 9.17) is 4.84 Å². The largest absolute Gasteiger partial charge is 0.255 e. The second kappa shape index (κ2) is 2.45. The van der Waals surface area contributed by atoms with Gasteiger partial charge in [-0.1, -0.05) is 20.8 Å². The number of hydroxylamine groups is 1. The second-order valence-corrected chi connectivity index (χ2v) is 8.83. The lowest BCUT2D eigenvalue weighted by molar-refractivity contribution is 0.0523. The van der Waals surface area contributed by atoms with E-state index < -0.39 is 15.7 Å². The minimum absolute atomic E-state index is 0.0111. The van der Waals surface area contributed by atoms with Crippen LogP contribution in [0.3, 0.4) is 0 Å². The highest BCUT2D eigenvalue weighted by Crippen LogP contribution is 2.80. The highest BCUT2D eigenvalue weighted by molar-refractivity contribution is 7.89. The Hall–Kier alpha value is -0.130. The van der Waals surface area contributed by atoms with Gasteiger partial charge >= 0.3 is 0 Å². The first-order valence-corrected chi connectivity index (χ1v) is 8.10. The van der Waals surface area contributed by atoms with Gasteiger partial charge in [0.15, 0.2) is 5.72 Å². The molecule has 4 rings (SSSR count). The first-order valence-electron chi connectivity index (χ1n) is 6.50. The highest BCUT2D eigenvalue weighted by Gasteiger charge is 2.87. The molecule has 5 atom stereocenters. The molecule has 2 bridgehead atoms. The first-order chi connectivity index (χ1) is 7.77. The Balaban J connectivity index is 1.92. The lowest BCUT2D eigenvalue weighted by atomic mass is 9.68. The first kappa shape index (κ1) is 10.8. The third-order valence-electron chi connectivity index (χ3n) is 6.48. The summed E-state index contributed by atoms with van der Waals surface area (Å²) in [5.41, 5.74) is -0.300. The van der Waals surface area contributed by atoms with E-state index in [9.17, 15) is 8.42 Å². The van der Waals surface area contributed by atoms with E-state index in [1.807, 2.05) is 0 Å². The van der Waals surface area contributed by atoms with Gasteiger partial charge in [-0.25, -0.2) is 8.42 Å². The zero-order valence-corrected chi connectivity index (χ0v) is 11.4. The summed E-state index contributed by atoms with van der Waals surface area (Å²) in [7, 11) is -3.15. The molecule has 2 saturated carbocycles. The van der Waals surface area contributed by atoms with Gasteiger partial charge in [-0.15, -0.1) is 0 Å².